The van der Waals surface area contributed by atoms with E-state index in [1.165, 1.54) is 7.11 Å². The summed E-state index contributed by atoms with van der Waals surface area (Å²) in [6.07, 6.45) is 0.535. The maximum absolute atomic E-state index is 10.9. The summed E-state index contributed by atoms with van der Waals surface area (Å²) < 4.78 is 4.48. The van der Waals surface area contributed by atoms with Crippen LogP contribution in [0.25, 0.3) is 0 Å². The molecule has 0 saturated carbocycles. The van der Waals surface area contributed by atoms with Crippen molar-refractivity contribution in [2.24, 2.45) is 0 Å². The predicted octanol–water partition coefficient (Wildman–Crippen LogP) is 0.293. The molecule has 0 saturated heterocycles. The molecule has 5 heteroatoms. The van der Waals surface area contributed by atoms with Crippen LogP contribution in [0.3, 0.4) is 0 Å². The molecule has 0 bridgehead atoms. The molecule has 0 aromatic carbocycles. The number of halogens is 1. The number of nitrogens with one attached hydrogen (secondary N) is 1. The summed E-state index contributed by atoms with van der Waals surface area (Å²) in [7, 11) is 2.93. The molecule has 0 amide bonds. The second-order valence-electron chi connectivity index (χ2n) is 2.26. The Labute approximate surface area is 76.2 Å². The summed E-state index contributed by atoms with van der Waals surface area (Å²) in [5.41, 5.74) is 0. The maximum atomic E-state index is 10.9. The van der Waals surface area contributed by atoms with Gasteiger partial charge in [-0.05, 0) is 25.1 Å². The fourth-order valence-corrected chi connectivity index (χ4v) is 0.889. The van der Waals surface area contributed by atoms with Gasteiger partial charge in [0.15, 0.2) is 0 Å². The summed E-state index contributed by atoms with van der Waals surface area (Å²) in [6, 6.07) is -0.447. The first-order valence-corrected chi connectivity index (χ1v) is 3.93. The lowest BCUT2D eigenvalue weighted by molar-refractivity contribution is -0.143. The third-order valence-electron chi connectivity index (χ3n) is 1.46. The van der Waals surface area contributed by atoms with Crippen molar-refractivity contribution in [2.45, 2.75) is 18.9 Å². The average Bonchev–Trinajstić information content (AvgIpc) is 2.04. The topological polar surface area (TPSA) is 55.4 Å². The number of ether oxygens (including phenoxy) is 1. The smallest absolute Gasteiger partial charge is 0.322 e. The molecule has 0 aliphatic carbocycles. The van der Waals surface area contributed by atoms with Crippen molar-refractivity contribution in [1.29, 1.82) is 0 Å². The van der Waals surface area contributed by atoms with Crippen molar-refractivity contribution >= 4 is 22.8 Å². The van der Waals surface area contributed by atoms with Crippen molar-refractivity contribution < 1.29 is 14.3 Å². The zero-order valence-corrected chi connectivity index (χ0v) is 7.85. The number of likely N-dealkylation sites (N-methyl/N-ethyl adjacent to an activating group) is 1. The quantitative estimate of drug-likeness (QED) is 0.504. The van der Waals surface area contributed by atoms with Gasteiger partial charge in [0.25, 0.3) is 0 Å². The molecule has 4 nitrogen and oxygen atoms in total. The zero-order chi connectivity index (χ0) is 9.56. The van der Waals surface area contributed by atoms with Crippen LogP contribution < -0.4 is 5.32 Å². The van der Waals surface area contributed by atoms with Gasteiger partial charge in [-0.1, -0.05) is 0 Å². The van der Waals surface area contributed by atoms with Gasteiger partial charge >= 0.3 is 5.97 Å². The van der Waals surface area contributed by atoms with Crippen molar-refractivity contribution in [3.8, 4) is 0 Å². The highest BCUT2D eigenvalue weighted by Gasteiger charge is 2.16. The van der Waals surface area contributed by atoms with Crippen LogP contribution in [0.4, 0.5) is 0 Å². The van der Waals surface area contributed by atoms with Crippen molar-refractivity contribution in [1.82, 2.24) is 5.32 Å². The van der Waals surface area contributed by atoms with E-state index in [1.54, 1.807) is 7.05 Å². The highest BCUT2D eigenvalue weighted by atomic mass is 35.5. The van der Waals surface area contributed by atoms with Crippen LogP contribution in [0, 0.1) is 0 Å². The van der Waals surface area contributed by atoms with E-state index >= 15 is 0 Å². The van der Waals surface area contributed by atoms with E-state index in [2.05, 4.69) is 10.1 Å². The number of rotatable bonds is 5. The summed E-state index contributed by atoms with van der Waals surface area (Å²) in [5.74, 6) is -0.379. The van der Waals surface area contributed by atoms with E-state index < -0.39 is 11.3 Å². The van der Waals surface area contributed by atoms with Crippen LogP contribution in [0.15, 0.2) is 0 Å². The van der Waals surface area contributed by atoms with Crippen LogP contribution in [0.1, 0.15) is 12.8 Å². The standard InChI is InChI=1S/C7H12ClNO3/c1-9-5(7(11)12-2)3-4-6(8)10/h5,9H,3-4H2,1-2H3. The van der Waals surface area contributed by atoms with Gasteiger partial charge in [0.1, 0.15) is 6.04 Å². The Balaban J connectivity index is 3.83. The predicted molar refractivity (Wildman–Crippen MR) is 45.0 cm³/mol. The minimum atomic E-state index is -0.447. The molecule has 0 radical (unpaired) electrons. The Hall–Kier alpha value is -0.610. The van der Waals surface area contributed by atoms with E-state index in [0.29, 0.717) is 6.42 Å². The first kappa shape index (κ1) is 11.4. The molecule has 0 rings (SSSR count). The fourth-order valence-electron chi connectivity index (χ4n) is 0.780. The Morgan fingerprint density at radius 1 is 1.58 bits per heavy atom. The lowest BCUT2D eigenvalue weighted by Gasteiger charge is -2.11. The second kappa shape index (κ2) is 5.97. The summed E-state index contributed by atoms with van der Waals surface area (Å²) in [5, 5.41) is 2.28. The van der Waals surface area contributed by atoms with Crippen molar-refractivity contribution in [3.63, 3.8) is 0 Å². The number of esters is 1. The minimum absolute atomic E-state index is 0.169. The normalized spacial score (nSPS) is 12.2. The first-order valence-electron chi connectivity index (χ1n) is 3.55. The van der Waals surface area contributed by atoms with E-state index in [1.807, 2.05) is 0 Å². The largest absolute Gasteiger partial charge is 0.468 e. The molecule has 1 N–H and O–H groups in total. The molecule has 0 aliphatic rings. The Morgan fingerprint density at radius 3 is 2.50 bits per heavy atom. The molecular formula is C7H12ClNO3. The highest BCUT2D eigenvalue weighted by Crippen LogP contribution is 2.01. The Kier molecular flexibility index (Phi) is 5.66. The highest BCUT2D eigenvalue weighted by molar-refractivity contribution is 6.63. The molecule has 12 heavy (non-hydrogen) atoms. The summed E-state index contributed by atoms with van der Waals surface area (Å²) in [4.78, 5) is 21.3. The third kappa shape index (κ3) is 4.31. The summed E-state index contributed by atoms with van der Waals surface area (Å²) in [6.45, 7) is 0. The van der Waals surface area contributed by atoms with Crippen LogP contribution in [-0.4, -0.2) is 31.4 Å². The second-order valence-corrected chi connectivity index (χ2v) is 2.68. The molecule has 0 aromatic rings. The SMILES string of the molecule is CNC(CCC(=O)Cl)C(=O)OC. The van der Waals surface area contributed by atoms with Gasteiger partial charge in [0, 0.05) is 6.42 Å². The maximum Gasteiger partial charge on any atom is 0.322 e. The van der Waals surface area contributed by atoms with E-state index in [9.17, 15) is 9.59 Å². The van der Waals surface area contributed by atoms with Gasteiger partial charge in [-0.25, -0.2) is 0 Å². The number of hydrogen-bond donors (Lipinski definition) is 1. The molecule has 0 aliphatic heterocycles. The van der Waals surface area contributed by atoms with E-state index in [0.717, 1.165) is 0 Å². The molecule has 70 valence electrons. The molecule has 1 unspecified atom stereocenters. The molecule has 1 atom stereocenters. The third-order valence-corrected chi connectivity index (χ3v) is 1.65. The average molecular weight is 194 g/mol. The Bertz CT molecular complexity index is 172. The van der Waals surface area contributed by atoms with Gasteiger partial charge < -0.3 is 10.1 Å². The van der Waals surface area contributed by atoms with Gasteiger partial charge in [0.05, 0.1) is 7.11 Å². The molecule has 0 spiro atoms. The molecular weight excluding hydrogens is 182 g/mol. The molecule has 0 heterocycles. The lowest BCUT2D eigenvalue weighted by Crippen LogP contribution is -2.35. The van der Waals surface area contributed by atoms with Crippen molar-refractivity contribution in [2.75, 3.05) is 14.2 Å². The number of hydrogen-bond acceptors (Lipinski definition) is 4. The van der Waals surface area contributed by atoms with Crippen molar-refractivity contribution in [3.05, 3.63) is 0 Å². The monoisotopic (exact) mass is 193 g/mol. The molecule has 0 fully saturated rings. The van der Waals surface area contributed by atoms with E-state index in [4.69, 9.17) is 11.6 Å². The first-order chi connectivity index (χ1) is 5.61. The number of carbonyl (C=O) groups is 2. The van der Waals surface area contributed by atoms with Crippen LogP contribution in [0.2, 0.25) is 0 Å². The lowest BCUT2D eigenvalue weighted by atomic mass is 10.2. The van der Waals surface area contributed by atoms with Crippen LogP contribution >= 0.6 is 11.6 Å². The van der Waals surface area contributed by atoms with Gasteiger partial charge in [-0.15, -0.1) is 0 Å². The number of methoxy groups -OCH3 is 1. The van der Waals surface area contributed by atoms with E-state index in [-0.39, 0.29) is 12.4 Å². The van der Waals surface area contributed by atoms with Gasteiger partial charge in [0.2, 0.25) is 5.24 Å². The number of carbonyl (C=O) groups excluding carboxylic acids is 2. The molecule has 0 aromatic heterocycles. The Morgan fingerprint density at radius 2 is 2.17 bits per heavy atom. The van der Waals surface area contributed by atoms with Gasteiger partial charge in [-0.2, -0.15) is 0 Å². The van der Waals surface area contributed by atoms with Crippen LogP contribution in [-0.2, 0) is 14.3 Å². The zero-order valence-electron chi connectivity index (χ0n) is 7.09. The van der Waals surface area contributed by atoms with Crippen LogP contribution in [0.5, 0.6) is 0 Å². The fraction of sp³-hybridized carbons (Fsp3) is 0.714. The summed E-state index contributed by atoms with van der Waals surface area (Å²) >= 11 is 5.11. The van der Waals surface area contributed by atoms with Gasteiger partial charge in [-0.3, -0.25) is 9.59 Å². The minimum Gasteiger partial charge on any atom is -0.468 e.